The maximum Gasteiger partial charge on any atom is 0.306 e. The Morgan fingerprint density at radius 3 is 2.27 bits per heavy atom. The van der Waals surface area contributed by atoms with Gasteiger partial charge in [-0.3, -0.25) is 9.69 Å². The van der Waals surface area contributed by atoms with E-state index in [1.165, 1.54) is 23.5 Å². The van der Waals surface area contributed by atoms with Crippen molar-refractivity contribution in [3.05, 3.63) is 60.2 Å². The number of ether oxygens (including phenoxy) is 4. The molecule has 0 aliphatic carbocycles. The number of aliphatic hydroxyl groups is 1. The molecule has 2 aliphatic heterocycles. The van der Waals surface area contributed by atoms with Crippen molar-refractivity contribution in [3.63, 3.8) is 0 Å². The van der Waals surface area contributed by atoms with Crippen molar-refractivity contribution in [3.8, 4) is 5.75 Å². The zero-order valence-electron chi connectivity index (χ0n) is 26.5. The molecule has 0 saturated carbocycles. The van der Waals surface area contributed by atoms with Crippen LogP contribution in [0.15, 0.2) is 59.5 Å². The van der Waals surface area contributed by atoms with Gasteiger partial charge in [0.2, 0.25) is 10.0 Å². The summed E-state index contributed by atoms with van der Waals surface area (Å²) in [5, 5.41) is 11.6. The van der Waals surface area contributed by atoms with E-state index in [4.69, 9.17) is 18.9 Å². The van der Waals surface area contributed by atoms with Crippen molar-refractivity contribution in [2.24, 2.45) is 17.8 Å². The molecule has 2 aromatic carbocycles. The van der Waals surface area contributed by atoms with Gasteiger partial charge in [-0.1, -0.05) is 58.0 Å². The number of hydrogen-bond donors (Lipinski definition) is 1. The lowest BCUT2D eigenvalue weighted by atomic mass is 9.90. The second kappa shape index (κ2) is 15.6. The lowest BCUT2D eigenvalue weighted by Crippen LogP contribution is -2.45. The van der Waals surface area contributed by atoms with E-state index in [1.54, 1.807) is 12.1 Å². The van der Waals surface area contributed by atoms with Crippen molar-refractivity contribution in [2.45, 2.75) is 70.0 Å². The standard InChI is InChI=1S/C33H48N2O8S/c1-6-34(7-2)28-21-41-33-32(28)30(22-42-33)43-31(37)18-25(17-24-11-9-8-10-12-24)29(36)20-35(19-23(3)4)44(38,39)27-15-13-26(40-5)14-16-27/h8-16,23,25,28-30,32-33,36H,6-7,17-22H2,1-5H3/t25-,28+,29-,30+,32+,33-/m1/s1. The highest BCUT2D eigenvalue weighted by Crippen LogP contribution is 2.36. The van der Waals surface area contributed by atoms with E-state index >= 15 is 0 Å². The molecule has 0 aromatic heterocycles. The largest absolute Gasteiger partial charge is 0.497 e. The van der Waals surface area contributed by atoms with Crippen LogP contribution in [0.5, 0.6) is 5.75 Å². The summed E-state index contributed by atoms with van der Waals surface area (Å²) >= 11 is 0. The fraction of sp³-hybridized carbons (Fsp3) is 0.606. The molecule has 2 aliphatic rings. The van der Waals surface area contributed by atoms with Crippen LogP contribution in [0.25, 0.3) is 0 Å². The number of likely N-dealkylation sites (N-methyl/N-ethyl adjacent to an activating group) is 1. The van der Waals surface area contributed by atoms with Crippen LogP contribution in [-0.2, 0) is 35.4 Å². The van der Waals surface area contributed by atoms with Gasteiger partial charge in [-0.05, 0) is 55.3 Å². The van der Waals surface area contributed by atoms with Gasteiger partial charge in [-0.25, -0.2) is 8.42 Å². The SMILES string of the molecule is CCN(CC)[C@H]1CO[C@@H]2OC[C@H](OC(=O)C[C@@H](Cc3ccccc3)[C@H](O)CN(CC(C)C)S(=O)(=O)c3ccc(OC)cc3)[C@@H]21. The summed E-state index contributed by atoms with van der Waals surface area (Å²) < 4.78 is 51.7. The lowest BCUT2D eigenvalue weighted by Gasteiger charge is -2.32. The van der Waals surface area contributed by atoms with Crippen LogP contribution in [0.2, 0.25) is 0 Å². The molecule has 0 spiro atoms. The van der Waals surface area contributed by atoms with E-state index in [-0.39, 0.29) is 48.9 Å². The molecule has 10 nitrogen and oxygen atoms in total. The minimum absolute atomic E-state index is 0.00968. The summed E-state index contributed by atoms with van der Waals surface area (Å²) in [6, 6.07) is 15.9. The maximum atomic E-state index is 13.7. The third-order valence-corrected chi connectivity index (χ3v) is 10.4. The summed E-state index contributed by atoms with van der Waals surface area (Å²) in [7, 11) is -2.41. The van der Waals surface area contributed by atoms with Crippen LogP contribution in [0.4, 0.5) is 0 Å². The number of carbonyl (C=O) groups excluding carboxylic acids is 1. The number of carbonyl (C=O) groups is 1. The zero-order valence-corrected chi connectivity index (χ0v) is 27.3. The summed E-state index contributed by atoms with van der Waals surface area (Å²) in [6.07, 6.45) is -1.67. The summed E-state index contributed by atoms with van der Waals surface area (Å²) in [5.74, 6) is -0.560. The van der Waals surface area contributed by atoms with Gasteiger partial charge in [-0.15, -0.1) is 0 Å². The topological polar surface area (TPSA) is 115 Å². The number of esters is 1. The van der Waals surface area contributed by atoms with E-state index in [9.17, 15) is 18.3 Å². The molecule has 0 unspecified atom stereocenters. The Hall–Kier alpha value is -2.54. The van der Waals surface area contributed by atoms with Gasteiger partial charge in [0, 0.05) is 25.0 Å². The Bertz CT molecular complexity index is 1290. The number of aliphatic hydroxyl groups excluding tert-OH is 1. The Kier molecular flexibility index (Phi) is 12.2. The van der Waals surface area contributed by atoms with Crippen molar-refractivity contribution >= 4 is 16.0 Å². The first kappa shape index (κ1) is 34.3. The molecule has 11 heteroatoms. The predicted molar refractivity (Wildman–Crippen MR) is 167 cm³/mol. The number of sulfonamides is 1. The van der Waals surface area contributed by atoms with Gasteiger partial charge >= 0.3 is 5.97 Å². The molecule has 4 rings (SSSR count). The fourth-order valence-electron chi connectivity index (χ4n) is 6.26. The number of methoxy groups -OCH3 is 1. The number of rotatable bonds is 16. The van der Waals surface area contributed by atoms with E-state index in [0.717, 1.165) is 18.7 Å². The quantitative estimate of drug-likeness (QED) is 0.278. The molecule has 2 saturated heterocycles. The van der Waals surface area contributed by atoms with Crippen molar-refractivity contribution in [2.75, 3.05) is 46.5 Å². The van der Waals surface area contributed by atoms with E-state index in [2.05, 4.69) is 18.7 Å². The van der Waals surface area contributed by atoms with Crippen LogP contribution in [0.3, 0.4) is 0 Å². The smallest absolute Gasteiger partial charge is 0.306 e. The molecule has 1 N–H and O–H groups in total. The van der Waals surface area contributed by atoms with E-state index < -0.39 is 40.4 Å². The Labute approximate surface area is 262 Å². The van der Waals surface area contributed by atoms with Crippen LogP contribution < -0.4 is 4.74 Å². The molecule has 2 heterocycles. The average Bonchev–Trinajstić information content (AvgIpc) is 3.60. The summed E-state index contributed by atoms with van der Waals surface area (Å²) in [4.78, 5) is 15.9. The molecule has 0 radical (unpaired) electrons. The zero-order chi connectivity index (χ0) is 31.9. The van der Waals surface area contributed by atoms with Gasteiger partial charge < -0.3 is 24.1 Å². The third kappa shape index (κ3) is 8.38. The van der Waals surface area contributed by atoms with E-state index in [1.807, 2.05) is 44.2 Å². The first-order valence-electron chi connectivity index (χ1n) is 15.6. The van der Waals surface area contributed by atoms with Crippen LogP contribution in [0.1, 0.15) is 39.7 Å². The summed E-state index contributed by atoms with van der Waals surface area (Å²) in [5.41, 5.74) is 0.938. The summed E-state index contributed by atoms with van der Waals surface area (Å²) in [6.45, 7) is 10.6. The Morgan fingerprint density at radius 1 is 1.00 bits per heavy atom. The highest BCUT2D eigenvalue weighted by Gasteiger charge is 2.51. The molecular formula is C33H48N2O8S. The van der Waals surface area contributed by atoms with Gasteiger partial charge in [0.05, 0.1) is 43.7 Å². The minimum Gasteiger partial charge on any atom is -0.497 e. The Balaban J connectivity index is 1.51. The molecule has 0 amide bonds. The number of benzene rings is 2. The molecular weight excluding hydrogens is 584 g/mol. The molecule has 6 atom stereocenters. The molecule has 44 heavy (non-hydrogen) atoms. The van der Waals surface area contributed by atoms with Crippen molar-refractivity contribution in [1.29, 1.82) is 0 Å². The second-order valence-electron chi connectivity index (χ2n) is 12.0. The van der Waals surface area contributed by atoms with Crippen LogP contribution in [-0.4, -0.2) is 99.7 Å². The normalized spacial score (nSPS) is 23.2. The second-order valence-corrected chi connectivity index (χ2v) is 14.0. The molecule has 0 bridgehead atoms. The minimum atomic E-state index is -3.93. The highest BCUT2D eigenvalue weighted by molar-refractivity contribution is 7.89. The number of nitrogens with zero attached hydrogens (tertiary/aromatic N) is 2. The van der Waals surface area contributed by atoms with Gasteiger partial charge in [-0.2, -0.15) is 4.31 Å². The van der Waals surface area contributed by atoms with Gasteiger partial charge in [0.15, 0.2) is 6.29 Å². The lowest BCUT2D eigenvalue weighted by molar-refractivity contribution is -0.153. The molecule has 244 valence electrons. The van der Waals surface area contributed by atoms with Crippen LogP contribution >= 0.6 is 0 Å². The van der Waals surface area contributed by atoms with Gasteiger partial charge in [0.25, 0.3) is 0 Å². The molecule has 2 aromatic rings. The van der Waals surface area contributed by atoms with Crippen molar-refractivity contribution < 1.29 is 37.3 Å². The highest BCUT2D eigenvalue weighted by atomic mass is 32.2. The van der Waals surface area contributed by atoms with Crippen LogP contribution in [0, 0.1) is 17.8 Å². The molecule has 2 fully saturated rings. The predicted octanol–water partition coefficient (Wildman–Crippen LogP) is 3.58. The van der Waals surface area contributed by atoms with Crippen molar-refractivity contribution in [1.82, 2.24) is 9.21 Å². The first-order valence-corrected chi connectivity index (χ1v) is 17.0. The monoisotopic (exact) mass is 632 g/mol. The van der Waals surface area contributed by atoms with E-state index in [0.29, 0.717) is 18.8 Å². The third-order valence-electron chi connectivity index (χ3n) is 8.58. The number of hydrogen-bond acceptors (Lipinski definition) is 9. The van der Waals surface area contributed by atoms with Gasteiger partial charge in [0.1, 0.15) is 11.9 Å². The number of fused-ring (bicyclic) bond motifs is 1. The fourth-order valence-corrected chi connectivity index (χ4v) is 7.88. The Morgan fingerprint density at radius 2 is 1.66 bits per heavy atom. The first-order chi connectivity index (χ1) is 21.1. The maximum absolute atomic E-state index is 13.7. The average molecular weight is 633 g/mol.